The lowest BCUT2D eigenvalue weighted by Crippen LogP contribution is -2.26. The number of rotatable bonds is 0. The van der Waals surface area contributed by atoms with Crippen molar-refractivity contribution in [2.45, 2.75) is 0 Å². The Labute approximate surface area is 69.5 Å². The van der Waals surface area contributed by atoms with Gasteiger partial charge >= 0.3 is 0 Å². The summed E-state index contributed by atoms with van der Waals surface area (Å²) in [5.74, 6) is -0.926. The van der Waals surface area contributed by atoms with E-state index in [0.717, 1.165) is 0 Å². The molecule has 0 heterocycles. The Hall–Kier alpha value is -1.50. The van der Waals surface area contributed by atoms with E-state index in [1.54, 1.807) is 0 Å². The third kappa shape index (κ3) is 8.50. The largest absolute Gasteiger partial charge is 0.370 e. The average molecular weight is 180 g/mol. The van der Waals surface area contributed by atoms with Crippen LogP contribution in [0.4, 0.5) is 0 Å². The molecule has 0 saturated carbocycles. The van der Waals surface area contributed by atoms with E-state index in [1.807, 2.05) is 0 Å². The Balaban J connectivity index is 0. The van der Waals surface area contributed by atoms with Crippen molar-refractivity contribution >= 4 is 30.3 Å². The highest BCUT2D eigenvalue weighted by atomic mass is 35.5. The first-order valence-electron chi connectivity index (χ1n) is 2.30. The molecular weight excluding hydrogens is 170 g/mol. The minimum Gasteiger partial charge on any atom is -0.370 e. The Morgan fingerprint density at radius 3 is 1.36 bits per heavy atom. The van der Waals surface area contributed by atoms with Crippen LogP contribution in [0.2, 0.25) is 0 Å². The van der Waals surface area contributed by atoms with E-state index in [-0.39, 0.29) is 24.3 Å². The summed E-state index contributed by atoms with van der Waals surface area (Å²) in [6, 6.07) is 0. The summed E-state index contributed by atoms with van der Waals surface area (Å²) < 4.78 is 0. The number of nitrogens with one attached hydrogen (secondary N) is 1. The molecule has 0 radical (unpaired) electrons. The molecule has 0 spiro atoms. The van der Waals surface area contributed by atoms with Crippen LogP contribution in [0.15, 0.2) is 9.98 Å². The molecule has 0 aromatic heterocycles. The minimum absolute atomic E-state index is 0. The van der Waals surface area contributed by atoms with Gasteiger partial charge in [-0.2, -0.15) is 9.98 Å². The molecule has 0 bridgehead atoms. The lowest BCUT2D eigenvalue weighted by Gasteiger charge is -1.90. The first kappa shape index (κ1) is 12.2. The van der Waals surface area contributed by atoms with Crippen molar-refractivity contribution in [3.05, 3.63) is 0 Å². The second-order valence-electron chi connectivity index (χ2n) is 1.40. The summed E-state index contributed by atoms with van der Waals surface area (Å²) in [4.78, 5) is 6.45. The fraction of sp³-hybridized carbons (Fsp3) is 0. The summed E-state index contributed by atoms with van der Waals surface area (Å²) in [5.41, 5.74) is 19.6. The first-order valence-corrected chi connectivity index (χ1v) is 2.30. The Morgan fingerprint density at radius 1 is 0.909 bits per heavy atom. The van der Waals surface area contributed by atoms with Crippen LogP contribution in [0.3, 0.4) is 0 Å². The number of hydrogen-bond acceptors (Lipinski definition) is 1. The van der Waals surface area contributed by atoms with Crippen LogP contribution < -0.4 is 22.9 Å². The van der Waals surface area contributed by atoms with E-state index in [2.05, 4.69) is 9.98 Å². The maximum atomic E-state index is 6.85. The molecule has 9 N–H and O–H groups in total. The second-order valence-corrected chi connectivity index (χ2v) is 1.40. The van der Waals surface area contributed by atoms with Crippen molar-refractivity contribution in [2.75, 3.05) is 0 Å². The van der Waals surface area contributed by atoms with Gasteiger partial charge in [0.1, 0.15) is 0 Å². The Kier molecular flexibility index (Phi) is 5.88. The molecule has 0 fully saturated rings. The molecule has 0 aromatic carbocycles. The van der Waals surface area contributed by atoms with Gasteiger partial charge in [0.05, 0.1) is 0 Å². The smallest absolute Gasteiger partial charge is 0.248 e. The van der Waals surface area contributed by atoms with Gasteiger partial charge in [-0.25, -0.2) is 0 Å². The summed E-state index contributed by atoms with van der Waals surface area (Å²) in [6.45, 7) is 0. The number of guanidine groups is 3. The van der Waals surface area contributed by atoms with Gasteiger partial charge in [0.15, 0.2) is 11.9 Å². The van der Waals surface area contributed by atoms with Crippen molar-refractivity contribution < 1.29 is 0 Å². The van der Waals surface area contributed by atoms with Gasteiger partial charge in [0.25, 0.3) is 0 Å². The molecule has 0 aliphatic carbocycles. The van der Waals surface area contributed by atoms with Crippen LogP contribution in [-0.2, 0) is 0 Å². The standard InChI is InChI=1S/C3H9N7.ClH/c4-1(5)9-3(8)10-2(6)7;/h(H9,4,5,6,7,8,9,10);1H. The van der Waals surface area contributed by atoms with E-state index >= 15 is 0 Å². The third-order valence-electron chi connectivity index (χ3n) is 0.470. The Bertz CT molecular complexity index is 166. The predicted molar refractivity (Wildman–Crippen MR) is 46.6 cm³/mol. The van der Waals surface area contributed by atoms with Crippen LogP contribution in [0.1, 0.15) is 0 Å². The number of nitrogens with zero attached hydrogens (tertiary/aromatic N) is 2. The number of nitrogens with two attached hydrogens (primary N) is 4. The molecule has 0 unspecified atom stereocenters. The monoisotopic (exact) mass is 179 g/mol. The lowest BCUT2D eigenvalue weighted by molar-refractivity contribution is 1.32. The molecule has 0 rings (SSSR count). The van der Waals surface area contributed by atoms with Gasteiger partial charge in [-0.15, -0.1) is 12.4 Å². The summed E-state index contributed by atoms with van der Waals surface area (Å²) >= 11 is 0. The molecule has 8 heteroatoms. The van der Waals surface area contributed by atoms with E-state index in [0.29, 0.717) is 0 Å². The number of hydrogen-bond donors (Lipinski definition) is 5. The zero-order chi connectivity index (χ0) is 8.15. The number of aliphatic imine (C=N–C) groups is 2. The molecule has 11 heavy (non-hydrogen) atoms. The highest BCUT2D eigenvalue weighted by Gasteiger charge is 1.88. The van der Waals surface area contributed by atoms with Crippen LogP contribution >= 0.6 is 12.4 Å². The van der Waals surface area contributed by atoms with Gasteiger partial charge in [-0.3, -0.25) is 5.41 Å². The summed E-state index contributed by atoms with van der Waals surface area (Å²) in [5, 5.41) is 6.85. The SMILES string of the molecule is Cl.N=C(N=C(N)N)N=C(N)N. The van der Waals surface area contributed by atoms with Gasteiger partial charge < -0.3 is 22.9 Å². The topological polar surface area (TPSA) is 153 Å². The van der Waals surface area contributed by atoms with Crippen LogP contribution in [0.5, 0.6) is 0 Å². The Morgan fingerprint density at radius 2 is 1.18 bits per heavy atom. The van der Waals surface area contributed by atoms with E-state index < -0.39 is 5.96 Å². The molecule has 0 atom stereocenters. The van der Waals surface area contributed by atoms with Crippen molar-refractivity contribution in [3.63, 3.8) is 0 Å². The normalized spacial score (nSPS) is 7.27. The molecule has 0 aliphatic heterocycles. The van der Waals surface area contributed by atoms with Crippen molar-refractivity contribution in [1.82, 2.24) is 0 Å². The molecule has 7 nitrogen and oxygen atoms in total. The fourth-order valence-corrected chi connectivity index (χ4v) is 0.270. The molecular formula is C3H10ClN7. The van der Waals surface area contributed by atoms with Crippen LogP contribution in [0, 0.1) is 5.41 Å². The zero-order valence-electron chi connectivity index (χ0n) is 5.61. The van der Waals surface area contributed by atoms with E-state index in [1.165, 1.54) is 0 Å². The zero-order valence-corrected chi connectivity index (χ0v) is 6.43. The maximum Gasteiger partial charge on any atom is 0.248 e. The van der Waals surface area contributed by atoms with Gasteiger partial charge in [0.2, 0.25) is 5.96 Å². The fourth-order valence-electron chi connectivity index (χ4n) is 0.270. The maximum absolute atomic E-state index is 6.85. The van der Waals surface area contributed by atoms with Crippen molar-refractivity contribution in [2.24, 2.45) is 32.9 Å². The quantitative estimate of drug-likeness (QED) is 0.213. The van der Waals surface area contributed by atoms with E-state index in [4.69, 9.17) is 28.3 Å². The highest BCUT2D eigenvalue weighted by Crippen LogP contribution is 1.74. The summed E-state index contributed by atoms with van der Waals surface area (Å²) in [7, 11) is 0. The van der Waals surface area contributed by atoms with Gasteiger partial charge in [-0.1, -0.05) is 0 Å². The van der Waals surface area contributed by atoms with Crippen LogP contribution in [0.25, 0.3) is 0 Å². The number of halogens is 1. The van der Waals surface area contributed by atoms with Gasteiger partial charge in [0, 0.05) is 0 Å². The van der Waals surface area contributed by atoms with Crippen molar-refractivity contribution in [3.8, 4) is 0 Å². The first-order chi connectivity index (χ1) is 4.52. The highest BCUT2D eigenvalue weighted by molar-refractivity contribution is 5.98. The lowest BCUT2D eigenvalue weighted by atomic mass is 10.9. The van der Waals surface area contributed by atoms with Crippen LogP contribution in [-0.4, -0.2) is 17.9 Å². The second kappa shape index (κ2) is 5.30. The minimum atomic E-state index is -0.417. The van der Waals surface area contributed by atoms with E-state index in [9.17, 15) is 0 Å². The molecule has 0 saturated heterocycles. The molecule has 0 aliphatic rings. The molecule has 0 aromatic rings. The van der Waals surface area contributed by atoms with Crippen molar-refractivity contribution in [1.29, 1.82) is 5.41 Å². The third-order valence-corrected chi connectivity index (χ3v) is 0.470. The summed E-state index contributed by atoms with van der Waals surface area (Å²) in [6.07, 6.45) is 0. The van der Waals surface area contributed by atoms with Gasteiger partial charge in [-0.05, 0) is 0 Å². The predicted octanol–water partition coefficient (Wildman–Crippen LogP) is -2.11. The average Bonchev–Trinajstić information content (AvgIpc) is 1.58. The molecule has 64 valence electrons. The molecule has 0 amide bonds.